The van der Waals surface area contributed by atoms with Crippen LogP contribution in [0.1, 0.15) is 12.8 Å². The number of para-hydroxylation sites is 2. The van der Waals surface area contributed by atoms with Gasteiger partial charge in [-0.2, -0.15) is 0 Å². The minimum Gasteiger partial charge on any atom is -0.495 e. The third kappa shape index (κ3) is 4.62. The summed E-state index contributed by atoms with van der Waals surface area (Å²) in [5.74, 6) is 1.73. The Morgan fingerprint density at radius 3 is 2.90 bits per heavy atom. The molecule has 0 unspecified atom stereocenters. The fraction of sp³-hybridized carbons (Fsp3) is 0.364. The molecule has 0 bridgehead atoms. The van der Waals surface area contributed by atoms with Crippen LogP contribution in [0.2, 0.25) is 5.02 Å². The Balaban J connectivity index is 1.31. The van der Waals surface area contributed by atoms with E-state index in [0.29, 0.717) is 30.3 Å². The fourth-order valence-corrected chi connectivity index (χ4v) is 3.92. The van der Waals surface area contributed by atoms with Gasteiger partial charge < -0.3 is 24.8 Å². The summed E-state index contributed by atoms with van der Waals surface area (Å²) >= 11 is 6.06. The number of aromatic nitrogens is 2. The number of carbonyl (C=O) groups is 1. The number of ether oxygens (including phenoxy) is 1. The van der Waals surface area contributed by atoms with Gasteiger partial charge in [0.1, 0.15) is 5.75 Å². The molecule has 0 saturated carbocycles. The van der Waals surface area contributed by atoms with E-state index in [0.717, 1.165) is 48.7 Å². The van der Waals surface area contributed by atoms with E-state index in [1.165, 1.54) is 0 Å². The van der Waals surface area contributed by atoms with E-state index in [4.69, 9.17) is 16.3 Å². The molecule has 8 heteroatoms. The number of hydrogen-bond acceptors (Lipinski definition) is 5. The molecule has 1 aromatic heterocycles. The Bertz CT molecular complexity index is 989. The van der Waals surface area contributed by atoms with Gasteiger partial charge in [0.25, 0.3) is 0 Å². The first-order chi connectivity index (χ1) is 14.6. The zero-order valence-corrected chi connectivity index (χ0v) is 17.8. The molecule has 1 amide bonds. The van der Waals surface area contributed by atoms with Gasteiger partial charge in [0.15, 0.2) is 0 Å². The highest BCUT2D eigenvalue weighted by Crippen LogP contribution is 2.27. The van der Waals surface area contributed by atoms with E-state index >= 15 is 0 Å². The van der Waals surface area contributed by atoms with Crippen molar-refractivity contribution in [1.29, 1.82) is 0 Å². The third-order valence-electron chi connectivity index (χ3n) is 5.34. The van der Waals surface area contributed by atoms with E-state index in [2.05, 4.69) is 20.2 Å². The number of benzene rings is 2. The fourth-order valence-electron chi connectivity index (χ4n) is 3.75. The van der Waals surface area contributed by atoms with Gasteiger partial charge in [-0.3, -0.25) is 4.79 Å². The SMILES string of the molecule is COc1ccc(Cl)cc1NCCC(=O)N1CCCN(c2nc3ccccc3[nH]2)CC1. The first-order valence-corrected chi connectivity index (χ1v) is 10.6. The van der Waals surface area contributed by atoms with Crippen LogP contribution < -0.4 is 15.0 Å². The molecule has 0 aliphatic carbocycles. The van der Waals surface area contributed by atoms with Crippen LogP contribution >= 0.6 is 11.6 Å². The van der Waals surface area contributed by atoms with Crippen molar-refractivity contribution in [1.82, 2.24) is 14.9 Å². The number of nitrogens with one attached hydrogen (secondary N) is 2. The average Bonchev–Trinajstić information content (AvgIpc) is 3.03. The normalized spacial score (nSPS) is 14.6. The molecule has 30 heavy (non-hydrogen) atoms. The number of halogens is 1. The Hall–Kier alpha value is -2.93. The Kier molecular flexibility index (Phi) is 6.28. The number of carbonyl (C=O) groups excluding carboxylic acids is 1. The molecule has 0 spiro atoms. The number of amides is 1. The predicted octanol–water partition coefficient (Wildman–Crippen LogP) is 3.77. The summed E-state index contributed by atoms with van der Waals surface area (Å²) < 4.78 is 5.34. The number of hydrogen-bond donors (Lipinski definition) is 2. The largest absolute Gasteiger partial charge is 0.495 e. The minimum atomic E-state index is 0.148. The molecule has 4 rings (SSSR count). The van der Waals surface area contributed by atoms with Crippen LogP contribution in [-0.4, -0.2) is 60.6 Å². The van der Waals surface area contributed by atoms with E-state index in [9.17, 15) is 4.79 Å². The lowest BCUT2D eigenvalue weighted by Crippen LogP contribution is -2.36. The van der Waals surface area contributed by atoms with Crippen LogP contribution in [0.15, 0.2) is 42.5 Å². The van der Waals surface area contributed by atoms with Crippen molar-refractivity contribution in [2.24, 2.45) is 0 Å². The lowest BCUT2D eigenvalue weighted by molar-refractivity contribution is -0.130. The highest BCUT2D eigenvalue weighted by Gasteiger charge is 2.20. The zero-order chi connectivity index (χ0) is 20.9. The number of H-pyrrole nitrogens is 1. The molecular formula is C22H26ClN5O2. The molecule has 1 saturated heterocycles. The molecule has 2 heterocycles. The molecule has 0 radical (unpaired) electrons. The number of anilines is 2. The Morgan fingerprint density at radius 1 is 1.20 bits per heavy atom. The molecule has 1 fully saturated rings. The summed E-state index contributed by atoms with van der Waals surface area (Å²) in [4.78, 5) is 25.0. The van der Waals surface area contributed by atoms with E-state index in [-0.39, 0.29) is 5.91 Å². The van der Waals surface area contributed by atoms with Crippen molar-refractivity contribution in [3.05, 3.63) is 47.5 Å². The Morgan fingerprint density at radius 2 is 2.07 bits per heavy atom. The van der Waals surface area contributed by atoms with Crippen molar-refractivity contribution >= 4 is 40.2 Å². The molecular weight excluding hydrogens is 402 g/mol. The van der Waals surface area contributed by atoms with Crippen LogP contribution in [0, 0.1) is 0 Å². The van der Waals surface area contributed by atoms with Gasteiger partial charge in [-0.05, 0) is 36.8 Å². The standard InChI is InChI=1S/C22H26ClN5O2/c1-30-20-8-7-16(23)15-19(20)24-10-9-21(29)27-11-4-12-28(14-13-27)22-25-17-5-2-3-6-18(17)26-22/h2-3,5-8,15,24H,4,9-14H2,1H3,(H,25,26). The van der Waals surface area contributed by atoms with Crippen molar-refractivity contribution in [3.63, 3.8) is 0 Å². The maximum atomic E-state index is 12.7. The monoisotopic (exact) mass is 427 g/mol. The molecule has 3 aromatic rings. The van der Waals surface area contributed by atoms with Crippen LogP contribution in [0.25, 0.3) is 11.0 Å². The van der Waals surface area contributed by atoms with Gasteiger partial charge in [0.2, 0.25) is 11.9 Å². The summed E-state index contributed by atoms with van der Waals surface area (Å²) in [7, 11) is 1.62. The maximum Gasteiger partial charge on any atom is 0.224 e. The maximum absolute atomic E-state index is 12.7. The number of fused-ring (bicyclic) bond motifs is 1. The smallest absolute Gasteiger partial charge is 0.224 e. The number of imidazole rings is 1. The van der Waals surface area contributed by atoms with E-state index in [1.807, 2.05) is 41.3 Å². The number of rotatable bonds is 6. The topological polar surface area (TPSA) is 73.5 Å². The second kappa shape index (κ2) is 9.26. The zero-order valence-electron chi connectivity index (χ0n) is 17.0. The van der Waals surface area contributed by atoms with Gasteiger partial charge in [-0.1, -0.05) is 23.7 Å². The van der Waals surface area contributed by atoms with Gasteiger partial charge in [-0.25, -0.2) is 4.98 Å². The third-order valence-corrected chi connectivity index (χ3v) is 5.58. The first kappa shape index (κ1) is 20.3. The molecule has 2 aromatic carbocycles. The van der Waals surface area contributed by atoms with Gasteiger partial charge in [0.05, 0.1) is 23.8 Å². The van der Waals surface area contributed by atoms with E-state index < -0.39 is 0 Å². The van der Waals surface area contributed by atoms with Crippen LogP contribution in [0.3, 0.4) is 0 Å². The molecule has 158 valence electrons. The second-order valence-electron chi connectivity index (χ2n) is 7.32. The number of nitrogens with zero attached hydrogens (tertiary/aromatic N) is 3. The van der Waals surface area contributed by atoms with Crippen LogP contribution in [0.5, 0.6) is 5.75 Å². The molecule has 1 aliphatic rings. The summed E-state index contributed by atoms with van der Waals surface area (Å²) in [5, 5.41) is 3.89. The average molecular weight is 428 g/mol. The van der Waals surface area contributed by atoms with Gasteiger partial charge >= 0.3 is 0 Å². The van der Waals surface area contributed by atoms with Crippen LogP contribution in [0.4, 0.5) is 11.6 Å². The quantitative estimate of drug-likeness (QED) is 0.626. The summed E-state index contributed by atoms with van der Waals surface area (Å²) in [5.41, 5.74) is 2.80. The molecule has 0 atom stereocenters. The molecule has 1 aliphatic heterocycles. The van der Waals surface area contributed by atoms with Crippen molar-refractivity contribution in [3.8, 4) is 5.75 Å². The highest BCUT2D eigenvalue weighted by atomic mass is 35.5. The number of aromatic amines is 1. The van der Waals surface area contributed by atoms with Crippen LogP contribution in [-0.2, 0) is 4.79 Å². The van der Waals surface area contributed by atoms with Gasteiger partial charge in [-0.15, -0.1) is 0 Å². The lowest BCUT2D eigenvalue weighted by atomic mass is 10.2. The van der Waals surface area contributed by atoms with E-state index in [1.54, 1.807) is 13.2 Å². The Labute approximate surface area is 181 Å². The predicted molar refractivity (Wildman–Crippen MR) is 121 cm³/mol. The summed E-state index contributed by atoms with van der Waals surface area (Å²) in [6.07, 6.45) is 1.33. The minimum absolute atomic E-state index is 0.148. The van der Waals surface area contributed by atoms with Crippen molar-refractivity contribution < 1.29 is 9.53 Å². The molecule has 7 nitrogen and oxygen atoms in total. The number of methoxy groups -OCH3 is 1. The van der Waals surface area contributed by atoms with Crippen molar-refractivity contribution in [2.45, 2.75) is 12.8 Å². The lowest BCUT2D eigenvalue weighted by Gasteiger charge is -2.22. The second-order valence-corrected chi connectivity index (χ2v) is 7.76. The van der Waals surface area contributed by atoms with Gasteiger partial charge in [0, 0.05) is 44.2 Å². The highest BCUT2D eigenvalue weighted by molar-refractivity contribution is 6.30. The van der Waals surface area contributed by atoms with Crippen molar-refractivity contribution in [2.75, 3.05) is 50.1 Å². The first-order valence-electron chi connectivity index (χ1n) is 10.2. The summed E-state index contributed by atoms with van der Waals surface area (Å²) in [6.45, 7) is 3.62. The molecule has 2 N–H and O–H groups in total. The summed E-state index contributed by atoms with van der Waals surface area (Å²) in [6, 6.07) is 13.4.